The molecule has 1 aliphatic rings. The first-order chi connectivity index (χ1) is 14.6. The fourth-order valence-corrected chi connectivity index (χ4v) is 5.46. The van der Waals surface area contributed by atoms with Gasteiger partial charge >= 0.3 is 0 Å². The van der Waals surface area contributed by atoms with Crippen molar-refractivity contribution >= 4 is 57.1 Å². The lowest BCUT2D eigenvalue weighted by atomic mass is 10.2. The molecule has 4 rings (SSSR count). The Bertz CT molecular complexity index is 1010. The number of benzene rings is 1. The van der Waals surface area contributed by atoms with Crippen LogP contribution in [-0.2, 0) is 4.79 Å². The maximum absolute atomic E-state index is 12.6. The topological polar surface area (TPSA) is 78.4 Å². The summed E-state index contributed by atoms with van der Waals surface area (Å²) >= 11 is 4.28. The van der Waals surface area contributed by atoms with Gasteiger partial charge in [-0.3, -0.25) is 9.59 Å². The molecule has 1 N–H and O–H groups in total. The molecule has 2 amide bonds. The molecule has 1 fully saturated rings. The lowest BCUT2D eigenvalue weighted by Crippen LogP contribution is -2.50. The molecule has 0 spiro atoms. The molecular weight excluding hydrogens is 438 g/mol. The maximum atomic E-state index is 12.6. The number of nitrogens with zero attached hydrogens (tertiary/aromatic N) is 4. The van der Waals surface area contributed by atoms with Crippen molar-refractivity contribution in [2.75, 3.05) is 37.2 Å². The highest BCUT2D eigenvalue weighted by Crippen LogP contribution is 2.28. The van der Waals surface area contributed by atoms with E-state index in [-0.39, 0.29) is 11.8 Å². The van der Waals surface area contributed by atoms with Crippen molar-refractivity contribution in [3.05, 3.63) is 52.2 Å². The third-order valence-electron chi connectivity index (χ3n) is 4.65. The average molecular weight is 460 g/mol. The van der Waals surface area contributed by atoms with E-state index in [0.717, 1.165) is 14.9 Å². The van der Waals surface area contributed by atoms with Crippen LogP contribution in [0.15, 0.2) is 46.1 Å². The Morgan fingerprint density at radius 2 is 1.90 bits per heavy atom. The summed E-state index contributed by atoms with van der Waals surface area (Å²) in [6.07, 6.45) is 0. The van der Waals surface area contributed by atoms with Gasteiger partial charge < -0.3 is 15.1 Å². The van der Waals surface area contributed by atoms with Crippen molar-refractivity contribution in [3.8, 4) is 0 Å². The summed E-state index contributed by atoms with van der Waals surface area (Å²) in [6, 6.07) is 11.8. The summed E-state index contributed by atoms with van der Waals surface area (Å²) in [4.78, 5) is 29.3. The lowest BCUT2D eigenvalue weighted by Gasteiger charge is -2.34. The van der Waals surface area contributed by atoms with Gasteiger partial charge in [0.05, 0.1) is 10.6 Å². The molecule has 10 heteroatoms. The van der Waals surface area contributed by atoms with E-state index in [9.17, 15) is 9.59 Å². The van der Waals surface area contributed by atoms with Crippen molar-refractivity contribution in [3.63, 3.8) is 0 Å². The number of aryl methyl sites for hydroxylation is 1. The standard InChI is InChI=1S/C20H21N5O2S3/c1-14-4-2-5-15(12-14)21-19-22-23-20(30-19)29-13-17(26)24-7-9-25(10-8-24)18(27)16-6-3-11-28-16/h2-6,11-12H,7-10,13H2,1H3,(H,21,22). The fourth-order valence-electron chi connectivity index (χ4n) is 3.09. The Morgan fingerprint density at radius 1 is 1.10 bits per heavy atom. The van der Waals surface area contributed by atoms with Gasteiger partial charge in [-0.05, 0) is 36.1 Å². The summed E-state index contributed by atoms with van der Waals surface area (Å²) in [5, 5.41) is 14.2. The molecule has 7 nitrogen and oxygen atoms in total. The van der Waals surface area contributed by atoms with E-state index in [2.05, 4.69) is 15.5 Å². The van der Waals surface area contributed by atoms with Crippen molar-refractivity contribution in [1.29, 1.82) is 0 Å². The number of hydrogen-bond acceptors (Lipinski definition) is 8. The SMILES string of the molecule is Cc1cccc(Nc2nnc(SCC(=O)N3CCN(C(=O)c4cccs4)CC3)s2)c1. The zero-order valence-corrected chi connectivity index (χ0v) is 18.9. The second-order valence-corrected chi connectivity index (χ2v) is 9.95. The van der Waals surface area contributed by atoms with Crippen LogP contribution < -0.4 is 5.32 Å². The minimum atomic E-state index is 0.0500. The van der Waals surface area contributed by atoms with Crippen LogP contribution in [0.5, 0.6) is 0 Å². The van der Waals surface area contributed by atoms with E-state index in [1.165, 1.54) is 40.0 Å². The summed E-state index contributed by atoms with van der Waals surface area (Å²) in [7, 11) is 0. The molecular formula is C20H21N5O2S3. The van der Waals surface area contributed by atoms with Gasteiger partial charge in [0, 0.05) is 31.9 Å². The van der Waals surface area contributed by atoms with E-state index >= 15 is 0 Å². The van der Waals surface area contributed by atoms with Gasteiger partial charge in [0.2, 0.25) is 11.0 Å². The highest BCUT2D eigenvalue weighted by atomic mass is 32.2. The number of hydrogen-bond donors (Lipinski definition) is 1. The zero-order valence-electron chi connectivity index (χ0n) is 16.4. The van der Waals surface area contributed by atoms with E-state index < -0.39 is 0 Å². The van der Waals surface area contributed by atoms with Crippen LogP contribution in [0.3, 0.4) is 0 Å². The first kappa shape index (κ1) is 20.8. The quantitative estimate of drug-likeness (QED) is 0.566. The molecule has 0 atom stereocenters. The predicted molar refractivity (Wildman–Crippen MR) is 122 cm³/mol. The molecule has 30 heavy (non-hydrogen) atoms. The first-order valence-electron chi connectivity index (χ1n) is 9.49. The average Bonchev–Trinajstić information content (AvgIpc) is 3.44. The van der Waals surface area contributed by atoms with Crippen LogP contribution in [0.25, 0.3) is 0 Å². The maximum Gasteiger partial charge on any atom is 0.264 e. The van der Waals surface area contributed by atoms with E-state index in [1.54, 1.807) is 0 Å². The van der Waals surface area contributed by atoms with Crippen molar-refractivity contribution in [2.45, 2.75) is 11.3 Å². The van der Waals surface area contributed by atoms with Crippen LogP contribution in [0, 0.1) is 6.92 Å². The van der Waals surface area contributed by atoms with E-state index in [4.69, 9.17) is 0 Å². The normalized spacial score (nSPS) is 14.0. The summed E-state index contributed by atoms with van der Waals surface area (Å²) in [5.74, 6) is 0.429. The number of nitrogens with one attached hydrogen (secondary N) is 1. The Balaban J connectivity index is 1.23. The molecule has 1 aliphatic heterocycles. The van der Waals surface area contributed by atoms with Gasteiger partial charge in [-0.25, -0.2) is 0 Å². The molecule has 3 heterocycles. The fraction of sp³-hybridized carbons (Fsp3) is 0.300. The number of aromatic nitrogens is 2. The van der Waals surface area contributed by atoms with Crippen LogP contribution in [0.1, 0.15) is 15.2 Å². The second kappa shape index (κ2) is 9.59. The molecule has 0 bridgehead atoms. The molecule has 1 saturated heterocycles. The number of rotatable bonds is 6. The molecule has 0 radical (unpaired) electrons. The van der Waals surface area contributed by atoms with E-state index in [0.29, 0.717) is 37.1 Å². The Labute approximate surface area is 187 Å². The summed E-state index contributed by atoms with van der Waals surface area (Å²) < 4.78 is 0.755. The molecule has 3 aromatic rings. The zero-order chi connectivity index (χ0) is 20.9. The second-order valence-electron chi connectivity index (χ2n) is 6.81. The van der Waals surface area contributed by atoms with Gasteiger partial charge in [-0.15, -0.1) is 21.5 Å². The van der Waals surface area contributed by atoms with Gasteiger partial charge in [-0.1, -0.05) is 41.3 Å². The largest absolute Gasteiger partial charge is 0.338 e. The van der Waals surface area contributed by atoms with Crippen LogP contribution in [-0.4, -0.2) is 63.7 Å². The number of thiophene rings is 1. The number of thioether (sulfide) groups is 1. The smallest absolute Gasteiger partial charge is 0.264 e. The van der Waals surface area contributed by atoms with E-state index in [1.807, 2.05) is 58.5 Å². The Kier molecular flexibility index (Phi) is 6.66. The minimum absolute atomic E-state index is 0.0500. The van der Waals surface area contributed by atoms with Crippen molar-refractivity contribution in [1.82, 2.24) is 20.0 Å². The molecule has 0 saturated carbocycles. The minimum Gasteiger partial charge on any atom is -0.338 e. The molecule has 0 aliphatic carbocycles. The van der Waals surface area contributed by atoms with Gasteiger partial charge in [0.1, 0.15) is 0 Å². The van der Waals surface area contributed by atoms with Crippen LogP contribution in [0.4, 0.5) is 10.8 Å². The third-order valence-corrected chi connectivity index (χ3v) is 7.46. The monoisotopic (exact) mass is 459 g/mol. The summed E-state index contributed by atoms with van der Waals surface area (Å²) in [5.41, 5.74) is 2.13. The summed E-state index contributed by atoms with van der Waals surface area (Å²) in [6.45, 7) is 4.29. The van der Waals surface area contributed by atoms with Crippen LogP contribution >= 0.6 is 34.4 Å². The highest BCUT2D eigenvalue weighted by molar-refractivity contribution is 8.01. The Morgan fingerprint density at radius 3 is 2.63 bits per heavy atom. The van der Waals surface area contributed by atoms with Gasteiger partial charge in [0.15, 0.2) is 4.34 Å². The molecule has 1 aromatic carbocycles. The van der Waals surface area contributed by atoms with Crippen LogP contribution in [0.2, 0.25) is 0 Å². The number of carbonyl (C=O) groups is 2. The van der Waals surface area contributed by atoms with Crippen molar-refractivity contribution < 1.29 is 9.59 Å². The predicted octanol–water partition coefficient (Wildman–Crippen LogP) is 3.73. The molecule has 2 aromatic heterocycles. The van der Waals surface area contributed by atoms with Crippen molar-refractivity contribution in [2.24, 2.45) is 0 Å². The van der Waals surface area contributed by atoms with Gasteiger partial charge in [-0.2, -0.15) is 0 Å². The lowest BCUT2D eigenvalue weighted by molar-refractivity contribution is -0.129. The first-order valence-corrected chi connectivity index (χ1v) is 12.2. The highest BCUT2D eigenvalue weighted by Gasteiger charge is 2.25. The van der Waals surface area contributed by atoms with Gasteiger partial charge in [0.25, 0.3) is 5.91 Å². The molecule has 156 valence electrons. The third kappa shape index (κ3) is 5.18. The number of amides is 2. The molecule has 0 unspecified atom stereocenters. The number of piperazine rings is 1. The number of carbonyl (C=O) groups excluding carboxylic acids is 2. The number of anilines is 2. The Hall–Kier alpha value is -2.43.